The largest absolute Gasteiger partial charge is 0.279 e. The standard InChI is InChI=1S/C20H25N3/c1-6-10-12-18(9-4)20-22-21-15(5)23(20)19-16(7-2)13-11-14-17(19)8-3/h6,9-14H,4,7-8H2,1-3,5H3/b10-6-,18-12+. The van der Waals surface area contributed by atoms with Crippen molar-refractivity contribution in [2.75, 3.05) is 0 Å². The van der Waals surface area contributed by atoms with Crippen LogP contribution in [0, 0.1) is 6.92 Å². The highest BCUT2D eigenvalue weighted by Crippen LogP contribution is 2.27. The molecule has 1 heterocycles. The molecule has 120 valence electrons. The van der Waals surface area contributed by atoms with Gasteiger partial charge in [0.2, 0.25) is 0 Å². The first-order valence-electron chi connectivity index (χ1n) is 8.16. The van der Waals surface area contributed by atoms with Gasteiger partial charge in [-0.3, -0.25) is 4.57 Å². The van der Waals surface area contributed by atoms with E-state index in [0.717, 1.165) is 30.1 Å². The van der Waals surface area contributed by atoms with Gasteiger partial charge in [-0.25, -0.2) is 0 Å². The Hall–Kier alpha value is -2.42. The predicted molar refractivity (Wildman–Crippen MR) is 97.8 cm³/mol. The Labute approximate surface area is 139 Å². The number of rotatable bonds is 6. The number of hydrogen-bond donors (Lipinski definition) is 0. The third-order valence-electron chi connectivity index (χ3n) is 3.96. The van der Waals surface area contributed by atoms with Gasteiger partial charge in [0.15, 0.2) is 5.82 Å². The molecule has 2 aromatic rings. The van der Waals surface area contributed by atoms with Crippen molar-refractivity contribution in [2.24, 2.45) is 0 Å². The lowest BCUT2D eigenvalue weighted by Gasteiger charge is -2.17. The zero-order valence-corrected chi connectivity index (χ0v) is 14.5. The van der Waals surface area contributed by atoms with E-state index < -0.39 is 0 Å². The maximum atomic E-state index is 4.41. The van der Waals surface area contributed by atoms with E-state index in [4.69, 9.17) is 0 Å². The summed E-state index contributed by atoms with van der Waals surface area (Å²) in [5.74, 6) is 1.73. The van der Waals surface area contributed by atoms with Crippen molar-refractivity contribution < 1.29 is 0 Å². The van der Waals surface area contributed by atoms with E-state index in [9.17, 15) is 0 Å². The molecular weight excluding hydrogens is 282 g/mol. The fourth-order valence-corrected chi connectivity index (χ4v) is 2.75. The summed E-state index contributed by atoms with van der Waals surface area (Å²) in [7, 11) is 0. The topological polar surface area (TPSA) is 30.7 Å². The van der Waals surface area contributed by atoms with Gasteiger partial charge in [0, 0.05) is 5.57 Å². The molecule has 0 spiro atoms. The second kappa shape index (κ2) is 7.73. The van der Waals surface area contributed by atoms with Crippen LogP contribution in [-0.2, 0) is 12.8 Å². The minimum atomic E-state index is 0.839. The van der Waals surface area contributed by atoms with E-state index >= 15 is 0 Å². The SMILES string of the molecule is C=C/C(=C\C=C/C)c1nnc(C)n1-c1c(CC)cccc1CC. The molecule has 0 N–H and O–H groups in total. The van der Waals surface area contributed by atoms with Crippen LogP contribution in [0.15, 0.2) is 49.1 Å². The molecule has 0 aliphatic rings. The molecule has 0 radical (unpaired) electrons. The van der Waals surface area contributed by atoms with Gasteiger partial charge in [-0.2, -0.15) is 0 Å². The van der Waals surface area contributed by atoms with Gasteiger partial charge in [-0.1, -0.05) is 62.9 Å². The monoisotopic (exact) mass is 307 g/mol. The Morgan fingerprint density at radius 2 is 1.83 bits per heavy atom. The molecule has 23 heavy (non-hydrogen) atoms. The summed E-state index contributed by atoms with van der Waals surface area (Å²) >= 11 is 0. The molecule has 3 nitrogen and oxygen atoms in total. The first kappa shape index (κ1) is 16.9. The Morgan fingerprint density at radius 3 is 2.35 bits per heavy atom. The molecule has 0 saturated heterocycles. The molecule has 1 aromatic heterocycles. The smallest absolute Gasteiger partial charge is 0.168 e. The number of para-hydroxylation sites is 1. The van der Waals surface area contributed by atoms with Gasteiger partial charge in [0.05, 0.1) is 5.69 Å². The van der Waals surface area contributed by atoms with Crippen LogP contribution in [0.2, 0.25) is 0 Å². The molecule has 1 aromatic carbocycles. The third-order valence-corrected chi connectivity index (χ3v) is 3.96. The number of aryl methyl sites for hydroxylation is 3. The highest BCUT2D eigenvalue weighted by molar-refractivity contribution is 5.72. The van der Waals surface area contributed by atoms with Gasteiger partial charge in [-0.15, -0.1) is 10.2 Å². The normalized spacial score (nSPS) is 12.1. The maximum absolute atomic E-state index is 4.41. The number of aromatic nitrogens is 3. The molecule has 0 atom stereocenters. The second-order valence-electron chi connectivity index (χ2n) is 5.39. The number of nitrogens with zero attached hydrogens (tertiary/aromatic N) is 3. The first-order valence-corrected chi connectivity index (χ1v) is 8.16. The predicted octanol–water partition coefficient (Wildman–Crippen LogP) is 4.85. The Morgan fingerprint density at radius 1 is 1.17 bits per heavy atom. The van der Waals surface area contributed by atoms with Crippen molar-refractivity contribution in [1.29, 1.82) is 0 Å². The lowest BCUT2D eigenvalue weighted by atomic mass is 10.0. The maximum Gasteiger partial charge on any atom is 0.168 e. The summed E-state index contributed by atoms with van der Waals surface area (Å²) in [6.07, 6.45) is 9.80. The van der Waals surface area contributed by atoms with Crippen molar-refractivity contribution in [3.63, 3.8) is 0 Å². The van der Waals surface area contributed by atoms with Crippen LogP contribution in [0.1, 0.15) is 43.5 Å². The second-order valence-corrected chi connectivity index (χ2v) is 5.39. The minimum Gasteiger partial charge on any atom is -0.279 e. The molecule has 0 amide bonds. The number of hydrogen-bond acceptors (Lipinski definition) is 2. The Bertz CT molecular complexity index is 726. The van der Waals surface area contributed by atoms with Gasteiger partial charge >= 0.3 is 0 Å². The summed E-state index contributed by atoms with van der Waals surface area (Å²) in [6.45, 7) is 12.3. The van der Waals surface area contributed by atoms with E-state index in [1.54, 1.807) is 0 Å². The number of allylic oxidation sites excluding steroid dienone is 5. The fraction of sp³-hybridized carbons (Fsp3) is 0.300. The lowest BCUT2D eigenvalue weighted by molar-refractivity contribution is 0.911. The van der Waals surface area contributed by atoms with Crippen LogP contribution < -0.4 is 0 Å². The Balaban J connectivity index is 2.76. The van der Waals surface area contributed by atoms with E-state index in [-0.39, 0.29) is 0 Å². The average Bonchev–Trinajstić information content (AvgIpc) is 2.96. The summed E-state index contributed by atoms with van der Waals surface area (Å²) < 4.78 is 2.16. The van der Waals surface area contributed by atoms with Crippen molar-refractivity contribution in [2.45, 2.75) is 40.5 Å². The first-order chi connectivity index (χ1) is 11.2. The molecular formula is C20H25N3. The summed E-state index contributed by atoms with van der Waals surface area (Å²) in [4.78, 5) is 0. The molecule has 2 rings (SSSR count). The number of benzene rings is 1. The summed E-state index contributed by atoms with van der Waals surface area (Å²) in [6, 6.07) is 6.49. The zero-order valence-electron chi connectivity index (χ0n) is 14.5. The van der Waals surface area contributed by atoms with Crippen LogP contribution in [0.3, 0.4) is 0 Å². The van der Waals surface area contributed by atoms with Gasteiger partial charge in [0.1, 0.15) is 5.82 Å². The van der Waals surface area contributed by atoms with E-state index in [1.807, 2.05) is 38.2 Å². The van der Waals surface area contributed by atoms with Crippen LogP contribution >= 0.6 is 0 Å². The molecule has 0 unspecified atom stereocenters. The van der Waals surface area contributed by atoms with Crippen molar-refractivity contribution in [3.8, 4) is 5.69 Å². The van der Waals surface area contributed by atoms with Crippen molar-refractivity contribution >= 4 is 5.57 Å². The molecule has 0 fully saturated rings. The van der Waals surface area contributed by atoms with Crippen LogP contribution in [0.5, 0.6) is 0 Å². The highest BCUT2D eigenvalue weighted by Gasteiger charge is 2.17. The van der Waals surface area contributed by atoms with Gasteiger partial charge in [0.25, 0.3) is 0 Å². The summed E-state index contributed by atoms with van der Waals surface area (Å²) in [5, 5.41) is 8.73. The Kier molecular flexibility index (Phi) is 5.69. The van der Waals surface area contributed by atoms with Gasteiger partial charge < -0.3 is 0 Å². The highest BCUT2D eigenvalue weighted by atomic mass is 15.3. The molecule has 0 saturated carbocycles. The minimum absolute atomic E-state index is 0.839. The quantitative estimate of drug-likeness (QED) is 0.714. The van der Waals surface area contributed by atoms with Crippen molar-refractivity contribution in [1.82, 2.24) is 14.8 Å². The van der Waals surface area contributed by atoms with Crippen LogP contribution in [-0.4, -0.2) is 14.8 Å². The van der Waals surface area contributed by atoms with E-state index in [1.165, 1.54) is 16.8 Å². The molecule has 0 bridgehead atoms. The average molecular weight is 307 g/mol. The lowest BCUT2D eigenvalue weighted by Crippen LogP contribution is -2.08. The van der Waals surface area contributed by atoms with Crippen LogP contribution in [0.25, 0.3) is 11.3 Å². The third kappa shape index (κ3) is 3.34. The van der Waals surface area contributed by atoms with E-state index in [2.05, 4.69) is 53.4 Å². The summed E-state index contributed by atoms with van der Waals surface area (Å²) in [5.41, 5.74) is 4.80. The molecule has 0 aliphatic heterocycles. The zero-order chi connectivity index (χ0) is 16.8. The molecule has 3 heteroatoms. The van der Waals surface area contributed by atoms with Crippen molar-refractivity contribution in [3.05, 3.63) is 71.9 Å². The fourth-order valence-electron chi connectivity index (χ4n) is 2.75. The van der Waals surface area contributed by atoms with E-state index in [0.29, 0.717) is 0 Å². The molecule has 0 aliphatic carbocycles. The van der Waals surface area contributed by atoms with Crippen LogP contribution in [0.4, 0.5) is 0 Å². The van der Waals surface area contributed by atoms with Gasteiger partial charge in [-0.05, 0) is 37.8 Å².